The Morgan fingerprint density at radius 3 is 2.12 bits per heavy atom. The van der Waals surface area contributed by atoms with Crippen LogP contribution < -0.4 is 9.64 Å². The molecule has 0 saturated heterocycles. The third-order valence-corrected chi connectivity index (χ3v) is 5.90. The van der Waals surface area contributed by atoms with Gasteiger partial charge in [-0.05, 0) is 65.7 Å². The summed E-state index contributed by atoms with van der Waals surface area (Å²) in [4.78, 5) is 12.8. The maximum atomic E-state index is 11.1. The van der Waals surface area contributed by atoms with E-state index in [0.717, 1.165) is 46.6 Å². The summed E-state index contributed by atoms with van der Waals surface area (Å²) in [5.41, 5.74) is 2.91. The number of fused-ring (bicyclic) bond motifs is 1. The number of rotatable bonds is 11. The molecule has 0 heterocycles. The molecule has 34 heavy (non-hydrogen) atoms. The standard InChI is InChI=1S/C29H30N2O3/c1-2-3-4-5-9-20-34-29-19-13-23-21-28(14-12-24(23)22-29)30(25-10-7-6-8-11-25)26-15-17-27(18-16-26)31(32)33/h6-8,10-19,21-22H,2-5,9,20H2,1H3. The Labute approximate surface area is 200 Å². The Bertz CT molecular complexity index is 1220. The molecule has 0 bridgehead atoms. The summed E-state index contributed by atoms with van der Waals surface area (Å²) in [7, 11) is 0. The lowest BCUT2D eigenvalue weighted by Crippen LogP contribution is -2.09. The van der Waals surface area contributed by atoms with Gasteiger partial charge in [-0.2, -0.15) is 0 Å². The quantitative estimate of drug-likeness (QED) is 0.129. The Balaban J connectivity index is 1.58. The number of para-hydroxylation sites is 1. The fourth-order valence-electron chi connectivity index (χ4n) is 4.08. The van der Waals surface area contributed by atoms with Gasteiger partial charge in [0.05, 0.1) is 11.5 Å². The zero-order valence-electron chi connectivity index (χ0n) is 19.5. The second-order valence-corrected chi connectivity index (χ2v) is 8.40. The molecule has 4 aromatic rings. The van der Waals surface area contributed by atoms with Crippen LogP contribution in [0.3, 0.4) is 0 Å². The third-order valence-electron chi connectivity index (χ3n) is 5.90. The Morgan fingerprint density at radius 2 is 1.38 bits per heavy atom. The van der Waals surface area contributed by atoms with Crippen LogP contribution in [0.2, 0.25) is 0 Å². The third kappa shape index (κ3) is 5.73. The van der Waals surface area contributed by atoms with Crippen molar-refractivity contribution >= 4 is 33.5 Å². The molecule has 0 aliphatic rings. The van der Waals surface area contributed by atoms with E-state index in [1.165, 1.54) is 37.8 Å². The highest BCUT2D eigenvalue weighted by atomic mass is 16.6. The highest BCUT2D eigenvalue weighted by Crippen LogP contribution is 2.37. The van der Waals surface area contributed by atoms with Gasteiger partial charge < -0.3 is 9.64 Å². The lowest BCUT2D eigenvalue weighted by molar-refractivity contribution is -0.384. The van der Waals surface area contributed by atoms with E-state index in [1.54, 1.807) is 12.1 Å². The van der Waals surface area contributed by atoms with Crippen LogP contribution in [0.1, 0.15) is 39.0 Å². The molecule has 0 fully saturated rings. The molecule has 4 rings (SSSR count). The van der Waals surface area contributed by atoms with Crippen molar-refractivity contribution in [2.24, 2.45) is 0 Å². The SMILES string of the molecule is CCCCCCCOc1ccc2cc(N(c3ccccc3)c3ccc([N+](=O)[O-])cc3)ccc2c1. The first-order valence-electron chi connectivity index (χ1n) is 11.9. The van der Waals surface area contributed by atoms with E-state index in [1.807, 2.05) is 36.4 Å². The largest absolute Gasteiger partial charge is 0.494 e. The number of nitro groups is 1. The molecule has 0 aliphatic carbocycles. The molecule has 5 nitrogen and oxygen atoms in total. The molecule has 0 N–H and O–H groups in total. The van der Waals surface area contributed by atoms with Crippen LogP contribution in [-0.2, 0) is 0 Å². The monoisotopic (exact) mass is 454 g/mol. The van der Waals surface area contributed by atoms with Crippen molar-refractivity contribution in [3.63, 3.8) is 0 Å². The molecule has 174 valence electrons. The fourth-order valence-corrected chi connectivity index (χ4v) is 4.08. The minimum atomic E-state index is -0.377. The van der Waals surface area contributed by atoms with Crippen LogP contribution >= 0.6 is 0 Å². The van der Waals surface area contributed by atoms with Crippen molar-refractivity contribution in [1.82, 2.24) is 0 Å². The Morgan fingerprint density at radius 1 is 0.735 bits per heavy atom. The number of anilines is 3. The average molecular weight is 455 g/mol. The minimum absolute atomic E-state index is 0.0770. The fraction of sp³-hybridized carbons (Fsp3) is 0.241. The van der Waals surface area contributed by atoms with Crippen molar-refractivity contribution in [3.8, 4) is 5.75 Å². The van der Waals surface area contributed by atoms with Crippen LogP contribution in [0.5, 0.6) is 5.75 Å². The van der Waals surface area contributed by atoms with Gasteiger partial charge in [-0.3, -0.25) is 10.1 Å². The van der Waals surface area contributed by atoms with Gasteiger partial charge >= 0.3 is 0 Å². The van der Waals surface area contributed by atoms with Gasteiger partial charge in [0.1, 0.15) is 5.75 Å². The van der Waals surface area contributed by atoms with E-state index < -0.39 is 0 Å². The number of nitrogens with zero attached hydrogens (tertiary/aromatic N) is 2. The van der Waals surface area contributed by atoms with Gasteiger partial charge in [-0.25, -0.2) is 0 Å². The van der Waals surface area contributed by atoms with E-state index in [0.29, 0.717) is 0 Å². The first kappa shape index (κ1) is 23.3. The molecule has 0 amide bonds. The zero-order chi connectivity index (χ0) is 23.8. The maximum absolute atomic E-state index is 11.1. The van der Waals surface area contributed by atoms with Crippen molar-refractivity contribution in [1.29, 1.82) is 0 Å². The highest BCUT2D eigenvalue weighted by Gasteiger charge is 2.14. The van der Waals surface area contributed by atoms with Gasteiger partial charge in [-0.1, -0.05) is 62.9 Å². The number of hydrogen-bond acceptors (Lipinski definition) is 4. The van der Waals surface area contributed by atoms with E-state index >= 15 is 0 Å². The zero-order valence-corrected chi connectivity index (χ0v) is 19.5. The number of nitro benzene ring substituents is 1. The van der Waals surface area contributed by atoms with Crippen LogP contribution in [0.4, 0.5) is 22.7 Å². The van der Waals surface area contributed by atoms with Crippen molar-refractivity contribution in [3.05, 3.63) is 101 Å². The average Bonchev–Trinajstić information content (AvgIpc) is 2.87. The normalized spacial score (nSPS) is 10.9. The van der Waals surface area contributed by atoms with E-state index in [9.17, 15) is 10.1 Å². The summed E-state index contributed by atoms with van der Waals surface area (Å²) in [6.45, 7) is 2.97. The second kappa shape index (κ2) is 11.3. The smallest absolute Gasteiger partial charge is 0.269 e. The van der Waals surface area contributed by atoms with Crippen LogP contribution in [-0.4, -0.2) is 11.5 Å². The Kier molecular flexibility index (Phi) is 7.76. The summed E-state index contributed by atoms with van der Waals surface area (Å²) in [6, 6.07) is 29.2. The van der Waals surface area contributed by atoms with Gasteiger partial charge in [0.15, 0.2) is 0 Å². The van der Waals surface area contributed by atoms with E-state index in [2.05, 4.69) is 42.2 Å². The topological polar surface area (TPSA) is 55.6 Å². The predicted octanol–water partition coefficient (Wildman–Crippen LogP) is 8.57. The molecule has 5 heteroatoms. The van der Waals surface area contributed by atoms with Gasteiger partial charge in [-0.15, -0.1) is 0 Å². The van der Waals surface area contributed by atoms with E-state index in [4.69, 9.17) is 4.74 Å². The molecule has 0 aromatic heterocycles. The summed E-state index contributed by atoms with van der Waals surface area (Å²) < 4.78 is 5.98. The van der Waals surface area contributed by atoms with Crippen LogP contribution in [0.25, 0.3) is 10.8 Å². The summed E-state index contributed by atoms with van der Waals surface area (Å²) in [5.74, 6) is 0.894. The molecular formula is C29H30N2O3. The minimum Gasteiger partial charge on any atom is -0.494 e. The molecule has 0 radical (unpaired) electrons. The first-order valence-corrected chi connectivity index (χ1v) is 11.9. The maximum Gasteiger partial charge on any atom is 0.269 e. The lowest BCUT2D eigenvalue weighted by atomic mass is 10.1. The molecule has 0 atom stereocenters. The summed E-state index contributed by atoms with van der Waals surface area (Å²) in [5, 5.41) is 13.3. The van der Waals surface area contributed by atoms with Gasteiger partial charge in [0.2, 0.25) is 0 Å². The molecule has 0 aliphatic heterocycles. The number of ether oxygens (including phenoxy) is 1. The number of hydrogen-bond donors (Lipinski definition) is 0. The summed E-state index contributed by atoms with van der Waals surface area (Å²) in [6.07, 6.45) is 6.10. The molecule has 0 saturated carbocycles. The number of unbranched alkanes of at least 4 members (excludes halogenated alkanes) is 4. The molecule has 0 spiro atoms. The first-order chi connectivity index (χ1) is 16.7. The van der Waals surface area contributed by atoms with Crippen molar-refractivity contribution in [2.45, 2.75) is 39.0 Å². The Hall–Kier alpha value is -3.86. The number of benzene rings is 4. The van der Waals surface area contributed by atoms with E-state index in [-0.39, 0.29) is 10.6 Å². The molecular weight excluding hydrogens is 424 g/mol. The molecule has 0 unspecified atom stereocenters. The van der Waals surface area contributed by atoms with Crippen LogP contribution in [0.15, 0.2) is 91.0 Å². The van der Waals surface area contributed by atoms with Crippen molar-refractivity contribution < 1.29 is 9.66 Å². The second-order valence-electron chi connectivity index (χ2n) is 8.40. The van der Waals surface area contributed by atoms with Gasteiger partial charge in [0, 0.05) is 29.2 Å². The highest BCUT2D eigenvalue weighted by molar-refractivity contribution is 5.90. The van der Waals surface area contributed by atoms with Crippen molar-refractivity contribution in [2.75, 3.05) is 11.5 Å². The lowest BCUT2D eigenvalue weighted by Gasteiger charge is -2.25. The predicted molar refractivity (Wildman–Crippen MR) is 140 cm³/mol. The summed E-state index contributed by atoms with van der Waals surface area (Å²) >= 11 is 0. The van der Waals surface area contributed by atoms with Crippen LogP contribution in [0, 0.1) is 10.1 Å². The van der Waals surface area contributed by atoms with Gasteiger partial charge in [0.25, 0.3) is 5.69 Å². The number of non-ortho nitro benzene ring substituents is 1. The molecule has 4 aromatic carbocycles.